The predicted octanol–water partition coefficient (Wildman–Crippen LogP) is 0.873. The van der Waals surface area contributed by atoms with Crippen LogP contribution in [0.15, 0.2) is 24.3 Å². The maximum atomic E-state index is 11.9. The van der Waals surface area contributed by atoms with Crippen LogP contribution >= 0.6 is 12.4 Å². The summed E-state index contributed by atoms with van der Waals surface area (Å²) in [5.41, 5.74) is 8.28. The van der Waals surface area contributed by atoms with Gasteiger partial charge in [-0.3, -0.25) is 0 Å². The minimum absolute atomic E-state index is 0. The van der Waals surface area contributed by atoms with E-state index in [9.17, 15) is 8.42 Å². The molecule has 3 N–H and O–H groups in total. The van der Waals surface area contributed by atoms with Crippen LogP contribution < -0.4 is 5.73 Å². The summed E-state index contributed by atoms with van der Waals surface area (Å²) < 4.78 is 23.9. The number of aliphatic hydroxyl groups excluding tert-OH is 1. The minimum atomic E-state index is -3.14. The van der Waals surface area contributed by atoms with E-state index in [1.54, 1.807) is 0 Å². The highest BCUT2D eigenvalue weighted by atomic mass is 35.5. The van der Waals surface area contributed by atoms with Crippen molar-refractivity contribution in [3.63, 3.8) is 0 Å². The van der Waals surface area contributed by atoms with Crippen molar-refractivity contribution in [3.8, 4) is 0 Å². The average Bonchev–Trinajstić information content (AvgIpc) is 2.63. The molecule has 19 heavy (non-hydrogen) atoms. The number of fused-ring (bicyclic) bond motifs is 1. The van der Waals surface area contributed by atoms with Crippen molar-refractivity contribution >= 4 is 22.2 Å². The molecular weight excluding hydrogens is 286 g/mol. The molecule has 2 rings (SSSR count). The van der Waals surface area contributed by atoms with Crippen LogP contribution in [-0.2, 0) is 16.3 Å². The van der Waals surface area contributed by atoms with Crippen molar-refractivity contribution in [2.75, 3.05) is 18.1 Å². The number of rotatable bonds is 5. The van der Waals surface area contributed by atoms with E-state index in [-0.39, 0.29) is 42.5 Å². The average molecular weight is 306 g/mol. The van der Waals surface area contributed by atoms with Gasteiger partial charge in [0.1, 0.15) is 0 Å². The summed E-state index contributed by atoms with van der Waals surface area (Å²) in [5, 5.41) is 8.71. The fraction of sp³-hybridized carbons (Fsp3) is 0.538. The number of sulfone groups is 1. The smallest absolute Gasteiger partial charge is 0.151 e. The van der Waals surface area contributed by atoms with Gasteiger partial charge in [-0.05, 0) is 24.0 Å². The second kappa shape index (κ2) is 6.70. The van der Waals surface area contributed by atoms with Gasteiger partial charge in [-0.25, -0.2) is 8.42 Å². The first-order valence-electron chi connectivity index (χ1n) is 6.18. The molecule has 0 spiro atoms. The summed E-state index contributed by atoms with van der Waals surface area (Å²) in [6.07, 6.45) is 1.04. The Morgan fingerprint density at radius 3 is 2.68 bits per heavy atom. The van der Waals surface area contributed by atoms with Gasteiger partial charge in [0.15, 0.2) is 9.84 Å². The summed E-state index contributed by atoms with van der Waals surface area (Å²) in [6.45, 7) is -0.0907. The molecule has 0 saturated heterocycles. The fourth-order valence-corrected chi connectivity index (χ4v) is 4.27. The molecule has 1 aliphatic carbocycles. The molecule has 0 radical (unpaired) electrons. The van der Waals surface area contributed by atoms with Crippen LogP contribution in [-0.4, -0.2) is 37.7 Å². The summed E-state index contributed by atoms with van der Waals surface area (Å²) in [7, 11) is -3.14. The summed E-state index contributed by atoms with van der Waals surface area (Å²) in [6, 6.07) is 7.73. The molecular formula is C13H20ClNO3S. The maximum absolute atomic E-state index is 11.9. The second-order valence-corrected chi connectivity index (χ2v) is 7.09. The summed E-state index contributed by atoms with van der Waals surface area (Å²) >= 11 is 0. The van der Waals surface area contributed by atoms with Crippen LogP contribution in [0.25, 0.3) is 0 Å². The predicted molar refractivity (Wildman–Crippen MR) is 78.5 cm³/mol. The lowest BCUT2D eigenvalue weighted by Gasteiger charge is -2.16. The van der Waals surface area contributed by atoms with Crippen molar-refractivity contribution < 1.29 is 13.5 Å². The van der Waals surface area contributed by atoms with E-state index >= 15 is 0 Å². The Morgan fingerprint density at radius 1 is 1.32 bits per heavy atom. The van der Waals surface area contributed by atoms with Gasteiger partial charge >= 0.3 is 0 Å². The molecule has 0 fully saturated rings. The molecule has 1 aromatic rings. The van der Waals surface area contributed by atoms with Crippen LogP contribution in [0.1, 0.15) is 23.5 Å². The highest BCUT2D eigenvalue weighted by Gasteiger charge is 2.32. The van der Waals surface area contributed by atoms with Crippen molar-refractivity contribution in [2.45, 2.75) is 24.8 Å². The van der Waals surface area contributed by atoms with Crippen molar-refractivity contribution in [1.29, 1.82) is 0 Å². The highest BCUT2D eigenvalue weighted by Crippen LogP contribution is 2.33. The molecule has 1 aromatic carbocycles. The molecule has 108 valence electrons. The molecule has 0 aliphatic heterocycles. The van der Waals surface area contributed by atoms with E-state index in [1.165, 1.54) is 0 Å². The molecule has 1 aliphatic rings. The molecule has 2 atom stereocenters. The lowest BCUT2D eigenvalue weighted by molar-refractivity contribution is 0.295. The molecule has 0 saturated carbocycles. The van der Waals surface area contributed by atoms with Crippen LogP contribution in [0.5, 0.6) is 0 Å². The summed E-state index contributed by atoms with van der Waals surface area (Å²) in [4.78, 5) is 0. The van der Waals surface area contributed by atoms with Gasteiger partial charge in [-0.15, -0.1) is 12.4 Å². The van der Waals surface area contributed by atoms with Gasteiger partial charge in [0.05, 0.1) is 11.5 Å². The first kappa shape index (κ1) is 16.4. The van der Waals surface area contributed by atoms with Crippen LogP contribution in [0.4, 0.5) is 0 Å². The van der Waals surface area contributed by atoms with Gasteiger partial charge in [0.2, 0.25) is 0 Å². The number of benzene rings is 1. The maximum Gasteiger partial charge on any atom is 0.151 e. The third-order valence-electron chi connectivity index (χ3n) is 3.47. The van der Waals surface area contributed by atoms with E-state index in [2.05, 4.69) is 0 Å². The Morgan fingerprint density at radius 2 is 2.00 bits per heavy atom. The molecule has 0 bridgehead atoms. The Kier molecular flexibility index (Phi) is 5.80. The van der Waals surface area contributed by atoms with Gasteiger partial charge in [-0.2, -0.15) is 0 Å². The van der Waals surface area contributed by atoms with Gasteiger partial charge in [0.25, 0.3) is 0 Å². The van der Waals surface area contributed by atoms with E-state index in [0.717, 1.165) is 17.5 Å². The zero-order valence-electron chi connectivity index (χ0n) is 10.7. The Hall–Kier alpha value is -0.620. The van der Waals surface area contributed by atoms with Gasteiger partial charge in [-0.1, -0.05) is 24.3 Å². The first-order valence-corrected chi connectivity index (χ1v) is 8.00. The third-order valence-corrected chi connectivity index (χ3v) is 5.25. The van der Waals surface area contributed by atoms with Gasteiger partial charge in [0, 0.05) is 18.6 Å². The largest absolute Gasteiger partial charge is 0.396 e. The number of aliphatic hydroxyl groups is 1. The van der Waals surface area contributed by atoms with Crippen molar-refractivity contribution in [3.05, 3.63) is 35.4 Å². The number of hydrogen-bond acceptors (Lipinski definition) is 4. The third kappa shape index (κ3) is 3.92. The Labute approximate surface area is 120 Å². The zero-order chi connectivity index (χ0) is 13.2. The number of halogens is 1. The van der Waals surface area contributed by atoms with Crippen LogP contribution in [0.2, 0.25) is 0 Å². The summed E-state index contributed by atoms with van der Waals surface area (Å²) in [5.74, 6) is 0.0185. The van der Waals surface area contributed by atoms with Crippen LogP contribution in [0, 0.1) is 0 Å². The van der Waals surface area contributed by atoms with Crippen molar-refractivity contribution in [1.82, 2.24) is 0 Å². The van der Waals surface area contributed by atoms with E-state index < -0.39 is 9.84 Å². The Balaban J connectivity index is 0.00000180. The molecule has 0 amide bonds. The van der Waals surface area contributed by atoms with E-state index in [4.69, 9.17) is 10.8 Å². The fourth-order valence-electron chi connectivity index (χ4n) is 2.56. The van der Waals surface area contributed by atoms with Crippen LogP contribution in [0.3, 0.4) is 0 Å². The lowest BCUT2D eigenvalue weighted by atomic mass is 10.0. The van der Waals surface area contributed by atoms with E-state index in [0.29, 0.717) is 6.42 Å². The molecule has 0 unspecified atom stereocenters. The standard InChI is InChI=1S/C13H19NO3S.ClH/c14-13-8-10-4-1-2-5-11(10)12(13)9-18(16,17)7-3-6-15;/h1-2,4-5,12-13,15H,3,6-9,14H2;1H/t12-,13-;/m1./s1. The quantitative estimate of drug-likeness (QED) is 0.846. The lowest BCUT2D eigenvalue weighted by Crippen LogP contribution is -2.30. The molecule has 0 aromatic heterocycles. The molecule has 4 nitrogen and oxygen atoms in total. The number of hydrogen-bond donors (Lipinski definition) is 2. The molecule has 6 heteroatoms. The minimum Gasteiger partial charge on any atom is -0.396 e. The topological polar surface area (TPSA) is 80.4 Å². The monoisotopic (exact) mass is 305 g/mol. The molecule has 0 heterocycles. The SMILES string of the molecule is Cl.N[C@@H]1Cc2ccccc2[C@H]1CS(=O)(=O)CCCO. The van der Waals surface area contributed by atoms with Crippen molar-refractivity contribution in [2.24, 2.45) is 5.73 Å². The zero-order valence-corrected chi connectivity index (χ0v) is 12.3. The number of nitrogens with two attached hydrogens (primary N) is 1. The van der Waals surface area contributed by atoms with E-state index in [1.807, 2.05) is 24.3 Å². The second-order valence-electron chi connectivity index (χ2n) is 4.86. The van der Waals surface area contributed by atoms with Gasteiger partial charge < -0.3 is 10.8 Å². The first-order chi connectivity index (χ1) is 8.53. The Bertz CT molecular complexity index is 518. The highest BCUT2D eigenvalue weighted by molar-refractivity contribution is 7.91. The normalized spacial score (nSPS) is 21.8.